The molecule has 4 heterocycles. The van der Waals surface area contributed by atoms with E-state index in [0.29, 0.717) is 34.5 Å². The van der Waals surface area contributed by atoms with E-state index in [2.05, 4.69) is 20.8 Å². The lowest BCUT2D eigenvalue weighted by atomic mass is 10.1. The molecule has 1 aromatic carbocycles. The summed E-state index contributed by atoms with van der Waals surface area (Å²) in [5.41, 5.74) is 3.03. The van der Waals surface area contributed by atoms with Gasteiger partial charge in [0, 0.05) is 48.1 Å². The van der Waals surface area contributed by atoms with Crippen LogP contribution in [0.2, 0.25) is 0 Å². The quantitative estimate of drug-likeness (QED) is 0.136. The molecule has 0 saturated carbocycles. The van der Waals surface area contributed by atoms with Crippen molar-refractivity contribution in [2.24, 2.45) is 11.8 Å². The fourth-order valence-corrected chi connectivity index (χ4v) is 6.73. The second-order valence-electron chi connectivity index (χ2n) is 11.9. The van der Waals surface area contributed by atoms with Crippen molar-refractivity contribution in [1.29, 1.82) is 0 Å². The minimum Gasteiger partial charge on any atom is -0.378 e. The first-order chi connectivity index (χ1) is 21.5. The van der Waals surface area contributed by atoms with Gasteiger partial charge in [-0.15, -0.1) is 0 Å². The molecule has 10 nitrogen and oxygen atoms in total. The number of phosphoric ester groups is 1. The van der Waals surface area contributed by atoms with Crippen LogP contribution in [-0.4, -0.2) is 53.6 Å². The number of fused-ring (bicyclic) bond motifs is 1. The molecule has 13 heteroatoms. The normalized spacial score (nSPS) is 14.3. The highest BCUT2D eigenvalue weighted by molar-refractivity contribution is 9.10. The van der Waals surface area contributed by atoms with E-state index in [4.69, 9.17) is 23.3 Å². The molecule has 0 aliphatic carbocycles. The number of aromatic nitrogens is 3. The van der Waals surface area contributed by atoms with Gasteiger partial charge in [0.05, 0.1) is 49.3 Å². The van der Waals surface area contributed by atoms with Gasteiger partial charge < -0.3 is 18.8 Å². The van der Waals surface area contributed by atoms with Gasteiger partial charge in [-0.05, 0) is 51.5 Å². The highest BCUT2D eigenvalue weighted by atomic mass is 79.9. The molecule has 3 aromatic heterocycles. The summed E-state index contributed by atoms with van der Waals surface area (Å²) in [7, 11) is -3.88. The van der Waals surface area contributed by atoms with E-state index in [9.17, 15) is 13.8 Å². The van der Waals surface area contributed by atoms with Gasteiger partial charge >= 0.3 is 7.82 Å². The number of nitrogens with zero attached hydrogens (tertiary/aromatic N) is 4. The third-order valence-electron chi connectivity index (χ3n) is 7.24. The van der Waals surface area contributed by atoms with Gasteiger partial charge in [-0.3, -0.25) is 18.4 Å². The summed E-state index contributed by atoms with van der Waals surface area (Å²) in [6.45, 7) is 10.9. The zero-order valence-electron chi connectivity index (χ0n) is 25.9. The first-order valence-electron chi connectivity index (χ1n) is 15.0. The van der Waals surface area contributed by atoms with Gasteiger partial charge in [0.2, 0.25) is 0 Å². The summed E-state index contributed by atoms with van der Waals surface area (Å²) in [4.78, 5) is 20.2. The van der Waals surface area contributed by atoms with Crippen molar-refractivity contribution >= 4 is 40.5 Å². The molecule has 0 spiro atoms. The Morgan fingerprint density at radius 1 is 1.02 bits per heavy atom. The second-order valence-corrected chi connectivity index (χ2v) is 14.4. The number of ether oxygens (including phenoxy) is 1. The fourth-order valence-electron chi connectivity index (χ4n) is 4.87. The van der Waals surface area contributed by atoms with Crippen LogP contribution < -0.4 is 10.5 Å². The zero-order valence-corrected chi connectivity index (χ0v) is 28.4. The largest absolute Gasteiger partial charge is 0.476 e. The summed E-state index contributed by atoms with van der Waals surface area (Å²) in [6.07, 6.45) is 5.27. The van der Waals surface area contributed by atoms with E-state index < -0.39 is 13.6 Å². The number of pyridine rings is 2. The third-order valence-corrected chi connectivity index (χ3v) is 9.22. The van der Waals surface area contributed by atoms with Crippen LogP contribution in [0.25, 0.3) is 22.2 Å². The maximum atomic E-state index is 14.6. The van der Waals surface area contributed by atoms with Crippen molar-refractivity contribution in [3.05, 3.63) is 81.2 Å². The summed E-state index contributed by atoms with van der Waals surface area (Å²) in [5, 5.41) is 0.791. The summed E-state index contributed by atoms with van der Waals surface area (Å²) in [6, 6.07) is 10.4. The molecule has 0 atom stereocenters. The second kappa shape index (κ2) is 14.7. The van der Waals surface area contributed by atoms with Crippen molar-refractivity contribution in [2.75, 3.05) is 44.4 Å². The van der Waals surface area contributed by atoms with Crippen LogP contribution in [0.4, 0.5) is 10.1 Å². The van der Waals surface area contributed by atoms with Crippen LogP contribution in [0.5, 0.6) is 0 Å². The van der Waals surface area contributed by atoms with E-state index in [1.807, 2.05) is 46.0 Å². The van der Waals surface area contributed by atoms with Crippen molar-refractivity contribution in [3.8, 4) is 11.1 Å². The summed E-state index contributed by atoms with van der Waals surface area (Å²) >= 11 is 3.21. The minimum atomic E-state index is -3.88. The Bertz CT molecular complexity index is 1720. The highest BCUT2D eigenvalue weighted by Crippen LogP contribution is 2.50. The Morgan fingerprint density at radius 2 is 1.73 bits per heavy atom. The molecule has 4 aromatic rings. The lowest BCUT2D eigenvalue weighted by Crippen LogP contribution is -2.36. The van der Waals surface area contributed by atoms with Gasteiger partial charge in [0.1, 0.15) is 18.2 Å². The van der Waals surface area contributed by atoms with Crippen LogP contribution in [0, 0.1) is 17.7 Å². The SMILES string of the molecule is CC(C)COP(=O)(OCC(C)C)OCn1cc(-c2ccn(Cc3cccc(Br)c3F)c(=O)c2)c2cc(N3CCOCC3)cnc21. The van der Waals surface area contributed by atoms with E-state index in [1.54, 1.807) is 35.2 Å². The summed E-state index contributed by atoms with van der Waals surface area (Å²) in [5.74, 6) is -0.137. The van der Waals surface area contributed by atoms with Crippen LogP contribution >= 0.6 is 23.8 Å². The number of hydrogen-bond donors (Lipinski definition) is 0. The third kappa shape index (κ3) is 8.30. The maximum Gasteiger partial charge on any atom is 0.476 e. The Kier molecular flexibility index (Phi) is 10.9. The van der Waals surface area contributed by atoms with Crippen LogP contribution in [0.15, 0.2) is 64.3 Å². The standard InChI is InChI=1S/C32H39BrFN4O6P/c1-22(2)19-42-45(40,43-20-23(3)4)44-21-38-18-28(27-15-26(16-35-32(27)38)36-10-12-41-13-11-36)24-8-9-37(30(39)14-24)17-25-6-5-7-29(33)31(25)34/h5-9,14-16,18,22-23H,10-13,17,19-21H2,1-4H3. The minimum absolute atomic E-state index is 0.0881. The highest BCUT2D eigenvalue weighted by Gasteiger charge is 2.29. The number of hydrogen-bond acceptors (Lipinski definition) is 8. The average molecular weight is 706 g/mol. The van der Waals surface area contributed by atoms with Crippen LogP contribution in [-0.2, 0) is 36.1 Å². The molecule has 0 amide bonds. The van der Waals surface area contributed by atoms with E-state index >= 15 is 0 Å². The maximum absolute atomic E-state index is 14.6. The number of morpholine rings is 1. The van der Waals surface area contributed by atoms with Crippen LogP contribution in [0.3, 0.4) is 0 Å². The Balaban J connectivity index is 1.50. The zero-order chi connectivity index (χ0) is 32.1. The number of phosphoric acid groups is 1. The topological polar surface area (TPSA) is 97.0 Å². The molecule has 5 rings (SSSR count). The predicted molar refractivity (Wildman–Crippen MR) is 176 cm³/mol. The van der Waals surface area contributed by atoms with Crippen molar-refractivity contribution < 1.29 is 27.3 Å². The lowest BCUT2D eigenvalue weighted by Gasteiger charge is -2.28. The molecule has 242 valence electrons. The van der Waals surface area contributed by atoms with Crippen LogP contribution in [0.1, 0.15) is 33.3 Å². The molecule has 0 bridgehead atoms. The van der Waals surface area contributed by atoms with E-state index in [0.717, 1.165) is 29.7 Å². The molecule has 1 fully saturated rings. The molecule has 1 saturated heterocycles. The molecule has 0 N–H and O–H groups in total. The molecule has 0 radical (unpaired) electrons. The monoisotopic (exact) mass is 704 g/mol. The fraction of sp³-hybridized carbons (Fsp3) is 0.438. The van der Waals surface area contributed by atoms with Gasteiger partial charge in [-0.25, -0.2) is 13.9 Å². The smallest absolute Gasteiger partial charge is 0.378 e. The van der Waals surface area contributed by atoms with Crippen molar-refractivity contribution in [2.45, 2.75) is 41.0 Å². The molecule has 45 heavy (non-hydrogen) atoms. The molecular weight excluding hydrogens is 666 g/mol. The Labute approximate surface area is 270 Å². The average Bonchev–Trinajstić information content (AvgIpc) is 3.39. The lowest BCUT2D eigenvalue weighted by molar-refractivity contribution is 0.0768. The number of benzene rings is 1. The van der Waals surface area contributed by atoms with Gasteiger partial charge in [-0.1, -0.05) is 39.8 Å². The number of anilines is 1. The first kappa shape index (κ1) is 33.5. The van der Waals surface area contributed by atoms with Crippen molar-refractivity contribution in [1.82, 2.24) is 14.1 Å². The molecular formula is C32H39BrFN4O6P. The van der Waals surface area contributed by atoms with Crippen molar-refractivity contribution in [3.63, 3.8) is 0 Å². The van der Waals surface area contributed by atoms with E-state index in [-0.39, 0.29) is 43.9 Å². The number of halogens is 2. The Morgan fingerprint density at radius 3 is 2.40 bits per heavy atom. The summed E-state index contributed by atoms with van der Waals surface area (Å²) < 4.78 is 54.4. The molecule has 1 aliphatic rings. The molecule has 0 unspecified atom stereocenters. The predicted octanol–water partition coefficient (Wildman–Crippen LogP) is 7.08. The number of rotatable bonds is 13. The van der Waals surface area contributed by atoms with Gasteiger partial charge in [0.25, 0.3) is 5.56 Å². The van der Waals surface area contributed by atoms with E-state index in [1.165, 1.54) is 10.6 Å². The Hall–Kier alpha value is -2.86. The van der Waals surface area contributed by atoms with Gasteiger partial charge in [-0.2, -0.15) is 0 Å². The van der Waals surface area contributed by atoms with Gasteiger partial charge in [0.15, 0.2) is 0 Å². The first-order valence-corrected chi connectivity index (χ1v) is 17.3. The molecule has 1 aliphatic heterocycles.